The minimum atomic E-state index is 0.0714. The molecule has 9 nitrogen and oxygen atoms in total. The standard InChI is InChI=1S/C12H20N2O2.C11H10N4O.C2H2/c15-11-6-2-1-3-9-14(11)10-12(16)13-7-4-5-8-13;1-7-4-8-5-9(2-3-10(8)16-7)15-11(13)14-6-12;1-2/h1-10H2;2-5H,1H3,(H3,13,14,15);1-2H. The SMILES string of the molecule is C#C.Cc1cc2cc(N=C(N)NC#N)ccc2o1.O=C(CN1CCCCCC1=O)N1CCCC1. The number of rotatable bonds is 3. The van der Waals surface area contributed by atoms with Gasteiger partial charge in [-0.15, -0.1) is 12.8 Å². The zero-order valence-electron chi connectivity index (χ0n) is 19.6. The summed E-state index contributed by atoms with van der Waals surface area (Å²) in [6.45, 7) is 4.70. The summed E-state index contributed by atoms with van der Waals surface area (Å²) in [6, 6.07) is 7.36. The molecule has 1 aromatic heterocycles. The van der Waals surface area contributed by atoms with E-state index in [1.54, 1.807) is 17.2 Å². The Morgan fingerprint density at radius 1 is 1.18 bits per heavy atom. The largest absolute Gasteiger partial charge is 0.461 e. The molecule has 180 valence electrons. The van der Waals surface area contributed by atoms with E-state index >= 15 is 0 Å². The van der Waals surface area contributed by atoms with E-state index in [4.69, 9.17) is 15.4 Å². The maximum absolute atomic E-state index is 11.9. The third-order valence-electron chi connectivity index (χ3n) is 5.51. The lowest BCUT2D eigenvalue weighted by molar-refractivity contribution is -0.139. The quantitative estimate of drug-likeness (QED) is 0.236. The van der Waals surface area contributed by atoms with Crippen molar-refractivity contribution in [2.75, 3.05) is 26.2 Å². The van der Waals surface area contributed by atoms with Crippen LogP contribution in [0.2, 0.25) is 0 Å². The molecule has 3 heterocycles. The summed E-state index contributed by atoms with van der Waals surface area (Å²) in [5.74, 6) is 1.21. The van der Waals surface area contributed by atoms with E-state index in [2.05, 4.69) is 23.2 Å². The monoisotopic (exact) mass is 464 g/mol. The van der Waals surface area contributed by atoms with Crippen molar-refractivity contribution >= 4 is 34.4 Å². The number of terminal acetylenes is 1. The molecule has 0 saturated carbocycles. The molecule has 9 heteroatoms. The third kappa shape index (κ3) is 7.86. The summed E-state index contributed by atoms with van der Waals surface area (Å²) in [5.41, 5.74) is 6.94. The third-order valence-corrected chi connectivity index (χ3v) is 5.51. The highest BCUT2D eigenvalue weighted by atomic mass is 16.3. The maximum atomic E-state index is 11.9. The number of furan rings is 1. The van der Waals surface area contributed by atoms with Crippen molar-refractivity contribution in [2.24, 2.45) is 10.7 Å². The van der Waals surface area contributed by atoms with Gasteiger partial charge in [0.2, 0.25) is 17.8 Å². The molecule has 2 fully saturated rings. The minimum Gasteiger partial charge on any atom is -0.461 e. The fraction of sp³-hybridized carbons (Fsp3) is 0.440. The molecule has 2 saturated heterocycles. The predicted molar refractivity (Wildman–Crippen MR) is 132 cm³/mol. The van der Waals surface area contributed by atoms with Gasteiger partial charge in [-0.3, -0.25) is 14.9 Å². The highest BCUT2D eigenvalue weighted by Crippen LogP contribution is 2.24. The van der Waals surface area contributed by atoms with Gasteiger partial charge in [-0.25, -0.2) is 4.99 Å². The van der Waals surface area contributed by atoms with Crippen molar-refractivity contribution in [1.29, 1.82) is 5.26 Å². The lowest BCUT2D eigenvalue weighted by Crippen LogP contribution is -2.41. The summed E-state index contributed by atoms with van der Waals surface area (Å²) in [4.78, 5) is 31.3. The van der Waals surface area contributed by atoms with Gasteiger partial charge in [0, 0.05) is 31.4 Å². The van der Waals surface area contributed by atoms with Crippen LogP contribution in [-0.4, -0.2) is 53.8 Å². The summed E-state index contributed by atoms with van der Waals surface area (Å²) < 4.78 is 5.43. The molecule has 0 radical (unpaired) electrons. The highest BCUT2D eigenvalue weighted by molar-refractivity contribution is 5.86. The van der Waals surface area contributed by atoms with Crippen molar-refractivity contribution in [3.8, 4) is 19.0 Å². The lowest BCUT2D eigenvalue weighted by atomic mass is 10.2. The minimum absolute atomic E-state index is 0.0714. The molecule has 4 rings (SSSR count). The van der Waals surface area contributed by atoms with Crippen molar-refractivity contribution < 1.29 is 14.0 Å². The Labute approximate surface area is 200 Å². The number of hydrogen-bond acceptors (Lipinski definition) is 5. The van der Waals surface area contributed by atoms with Gasteiger partial charge in [0.15, 0.2) is 6.19 Å². The Bertz CT molecular complexity index is 1060. The number of benzene rings is 1. The van der Waals surface area contributed by atoms with Crippen LogP contribution in [0.15, 0.2) is 33.7 Å². The van der Waals surface area contributed by atoms with Crippen LogP contribution in [-0.2, 0) is 9.59 Å². The number of carbonyl (C=O) groups excluding carboxylic acids is 2. The van der Waals surface area contributed by atoms with Crippen molar-refractivity contribution in [3.05, 3.63) is 30.0 Å². The van der Waals surface area contributed by atoms with Crippen LogP contribution in [0.3, 0.4) is 0 Å². The van der Waals surface area contributed by atoms with Gasteiger partial charge >= 0.3 is 0 Å². The van der Waals surface area contributed by atoms with Crippen LogP contribution in [0.1, 0.15) is 44.3 Å². The zero-order chi connectivity index (χ0) is 24.9. The number of aliphatic imine (C=N–C) groups is 1. The average Bonchev–Trinajstić information content (AvgIpc) is 3.44. The van der Waals surface area contributed by atoms with Gasteiger partial charge in [-0.05, 0) is 56.9 Å². The molecule has 0 bridgehead atoms. The fourth-order valence-corrected chi connectivity index (χ4v) is 3.89. The molecule has 0 atom stereocenters. The Hall–Kier alpha value is -3.98. The topological polar surface area (TPSA) is 128 Å². The number of carbonyl (C=O) groups is 2. The lowest BCUT2D eigenvalue weighted by Gasteiger charge is -2.23. The summed E-state index contributed by atoms with van der Waals surface area (Å²) in [5, 5.41) is 11.6. The van der Waals surface area contributed by atoms with Gasteiger partial charge in [-0.2, -0.15) is 5.26 Å². The van der Waals surface area contributed by atoms with Gasteiger partial charge in [0.1, 0.15) is 11.3 Å². The molecule has 0 aliphatic carbocycles. The maximum Gasteiger partial charge on any atom is 0.242 e. The number of amides is 2. The first-order valence-corrected chi connectivity index (χ1v) is 11.3. The molecule has 3 N–H and O–H groups in total. The van der Waals surface area contributed by atoms with E-state index in [9.17, 15) is 9.59 Å². The Balaban J connectivity index is 0.000000224. The number of guanidine groups is 1. The van der Waals surface area contributed by atoms with E-state index in [-0.39, 0.29) is 17.8 Å². The first-order chi connectivity index (χ1) is 16.5. The normalized spacial score (nSPS) is 15.9. The molecule has 2 aromatic rings. The number of aryl methyl sites for hydroxylation is 1. The van der Waals surface area contributed by atoms with E-state index in [1.807, 2.05) is 30.0 Å². The van der Waals surface area contributed by atoms with Gasteiger partial charge in [0.05, 0.1) is 12.2 Å². The molecule has 2 aliphatic heterocycles. The van der Waals surface area contributed by atoms with E-state index in [0.29, 0.717) is 18.7 Å². The number of hydrogen-bond donors (Lipinski definition) is 2. The van der Waals surface area contributed by atoms with E-state index < -0.39 is 0 Å². The van der Waals surface area contributed by atoms with Gasteiger partial charge in [-0.1, -0.05) is 6.42 Å². The first kappa shape index (κ1) is 26.3. The zero-order valence-corrected chi connectivity index (χ0v) is 19.6. The van der Waals surface area contributed by atoms with Crippen LogP contribution in [0, 0.1) is 31.2 Å². The van der Waals surface area contributed by atoms with Crippen LogP contribution >= 0.6 is 0 Å². The predicted octanol–water partition coefficient (Wildman–Crippen LogP) is 3.02. The van der Waals surface area contributed by atoms with Crippen LogP contribution in [0.4, 0.5) is 5.69 Å². The molecular formula is C25H32N6O3. The van der Waals surface area contributed by atoms with Crippen molar-refractivity contribution in [3.63, 3.8) is 0 Å². The second-order valence-corrected chi connectivity index (χ2v) is 8.03. The number of likely N-dealkylation sites (tertiary alicyclic amines) is 2. The molecule has 2 aliphatic rings. The van der Waals surface area contributed by atoms with Crippen molar-refractivity contribution in [2.45, 2.75) is 45.4 Å². The number of nitrogens with zero attached hydrogens (tertiary/aromatic N) is 4. The van der Waals surface area contributed by atoms with E-state index in [0.717, 1.165) is 68.5 Å². The molecule has 1 aromatic carbocycles. The Morgan fingerprint density at radius 3 is 2.59 bits per heavy atom. The average molecular weight is 465 g/mol. The van der Waals surface area contributed by atoms with Gasteiger partial charge < -0.3 is 20.0 Å². The fourth-order valence-electron chi connectivity index (χ4n) is 3.89. The summed E-state index contributed by atoms with van der Waals surface area (Å²) >= 11 is 0. The summed E-state index contributed by atoms with van der Waals surface area (Å²) in [6.07, 6.45) is 15.7. The van der Waals surface area contributed by atoms with Crippen LogP contribution in [0.25, 0.3) is 11.0 Å². The number of nitrogens with one attached hydrogen (secondary N) is 1. The van der Waals surface area contributed by atoms with Crippen molar-refractivity contribution in [1.82, 2.24) is 15.1 Å². The second kappa shape index (κ2) is 13.5. The van der Waals surface area contributed by atoms with Crippen LogP contribution < -0.4 is 11.1 Å². The molecule has 34 heavy (non-hydrogen) atoms. The number of nitriles is 1. The highest BCUT2D eigenvalue weighted by Gasteiger charge is 2.23. The number of nitrogens with two attached hydrogens (primary N) is 1. The Morgan fingerprint density at radius 2 is 1.88 bits per heavy atom. The molecule has 2 amide bonds. The molecule has 0 unspecified atom stereocenters. The molecule has 0 spiro atoms. The van der Waals surface area contributed by atoms with Crippen LogP contribution in [0.5, 0.6) is 0 Å². The molecular weight excluding hydrogens is 432 g/mol. The second-order valence-electron chi connectivity index (χ2n) is 8.03. The van der Waals surface area contributed by atoms with Gasteiger partial charge in [0.25, 0.3) is 0 Å². The van der Waals surface area contributed by atoms with E-state index in [1.165, 1.54) is 0 Å². The number of fused-ring (bicyclic) bond motifs is 1. The Kier molecular flexibility index (Phi) is 10.5. The smallest absolute Gasteiger partial charge is 0.242 e. The first-order valence-electron chi connectivity index (χ1n) is 11.3. The summed E-state index contributed by atoms with van der Waals surface area (Å²) in [7, 11) is 0.